The van der Waals surface area contributed by atoms with Crippen LogP contribution in [0.15, 0.2) is 30.3 Å². The molecule has 1 saturated heterocycles. The van der Waals surface area contributed by atoms with E-state index in [4.69, 9.17) is 28.7 Å². The Bertz CT molecular complexity index is 2310. The zero-order chi connectivity index (χ0) is 63.6. The lowest BCUT2D eigenvalue weighted by atomic mass is 10.00. The van der Waals surface area contributed by atoms with Gasteiger partial charge in [-0.25, -0.2) is 0 Å². The van der Waals surface area contributed by atoms with E-state index in [2.05, 4.69) is 65.4 Å². The van der Waals surface area contributed by atoms with Crippen LogP contribution in [0, 0.1) is 5.92 Å². The number of nitrogens with one attached hydrogen (secondary N) is 11. The highest BCUT2D eigenvalue weighted by Gasteiger charge is 2.37. The van der Waals surface area contributed by atoms with E-state index < -0.39 is 157 Å². The van der Waals surface area contributed by atoms with E-state index in [9.17, 15) is 63.0 Å². The van der Waals surface area contributed by atoms with Crippen LogP contribution in [0.25, 0.3) is 0 Å². The van der Waals surface area contributed by atoms with Gasteiger partial charge in [0.15, 0.2) is 0 Å². The summed E-state index contributed by atoms with van der Waals surface area (Å²) in [5.41, 5.74) is 29.7. The van der Waals surface area contributed by atoms with Gasteiger partial charge in [-0.2, -0.15) is 0 Å². The largest absolute Gasteiger partial charge is 0.391 e. The highest BCUT2D eigenvalue weighted by Crippen LogP contribution is 2.24. The summed E-state index contributed by atoms with van der Waals surface area (Å²) in [6.45, 7) is 6.48. The number of hydrogen-bond donors (Lipinski definition) is 18. The van der Waals surface area contributed by atoms with Crippen molar-refractivity contribution in [2.45, 2.75) is 178 Å². The van der Waals surface area contributed by atoms with E-state index in [0.29, 0.717) is 5.56 Å². The SMILES string of the molecule is CCCCCCSSC[C@@H](NC(=O)CN)C(=O)N[C@H](C(=O)N[C@@H](CCN)C(=O)N[C@H]1CCNC(=O)[C@H]([C@@H](C)O)NC(=O)[C@H](CCN)NC(=O)[C@H](CCN)NC(=O)[C@H](CC(C)C)NC(=O)[C@@H](Cc2ccccc2)NC(=O)[C@H](CCN)NC1=O)[C@@H](C)O. The van der Waals surface area contributed by atoms with E-state index in [1.807, 2.05) is 0 Å². The van der Waals surface area contributed by atoms with Crippen molar-refractivity contribution in [1.82, 2.24) is 58.5 Å². The van der Waals surface area contributed by atoms with Gasteiger partial charge < -0.3 is 97.4 Å². The summed E-state index contributed by atoms with van der Waals surface area (Å²) in [7, 11) is 2.81. The molecular formula is C54H94N16O13S2. The molecule has 29 nitrogen and oxygen atoms in total. The topological polar surface area (TPSA) is 491 Å². The van der Waals surface area contributed by atoms with Crippen LogP contribution in [0.5, 0.6) is 0 Å². The van der Waals surface area contributed by atoms with Crippen molar-refractivity contribution >= 4 is 86.6 Å². The Kier molecular flexibility index (Phi) is 36.1. The number of hydrogen-bond acceptors (Lipinski definition) is 20. The first-order valence-electron chi connectivity index (χ1n) is 28.9. The first kappa shape index (κ1) is 74.9. The summed E-state index contributed by atoms with van der Waals surface area (Å²) in [6.07, 6.45) is -0.391. The van der Waals surface area contributed by atoms with Crippen LogP contribution in [0.1, 0.15) is 104 Å². The van der Waals surface area contributed by atoms with Crippen LogP contribution in [-0.2, 0) is 59.2 Å². The van der Waals surface area contributed by atoms with Crippen LogP contribution in [0.2, 0.25) is 0 Å². The molecule has 23 N–H and O–H groups in total. The van der Waals surface area contributed by atoms with Gasteiger partial charge >= 0.3 is 0 Å². The van der Waals surface area contributed by atoms with Crippen LogP contribution in [-0.4, -0.2) is 199 Å². The number of nitrogens with two attached hydrogens (primary N) is 5. The van der Waals surface area contributed by atoms with Crippen molar-refractivity contribution in [2.75, 3.05) is 50.8 Å². The van der Waals surface area contributed by atoms with E-state index in [0.717, 1.165) is 31.4 Å². The van der Waals surface area contributed by atoms with Gasteiger partial charge in [-0.05, 0) is 96.5 Å². The smallest absolute Gasteiger partial charge is 0.245 e. The second-order valence-electron chi connectivity index (χ2n) is 21.1. The summed E-state index contributed by atoms with van der Waals surface area (Å²) in [4.78, 5) is 153. The summed E-state index contributed by atoms with van der Waals surface area (Å²) < 4.78 is 0. The molecule has 0 aliphatic carbocycles. The molecule has 1 aromatic rings. The van der Waals surface area contributed by atoms with Gasteiger partial charge in [0.2, 0.25) is 65.0 Å². The first-order chi connectivity index (χ1) is 40.4. The molecule has 12 atom stereocenters. The molecule has 85 heavy (non-hydrogen) atoms. The predicted molar refractivity (Wildman–Crippen MR) is 323 cm³/mol. The quantitative estimate of drug-likeness (QED) is 0.0253. The summed E-state index contributed by atoms with van der Waals surface area (Å²) >= 11 is 0. The minimum Gasteiger partial charge on any atom is -0.391 e. The van der Waals surface area contributed by atoms with Gasteiger partial charge in [-0.1, -0.05) is 92.0 Å². The third kappa shape index (κ3) is 27.8. The molecule has 480 valence electrons. The standard InChI is InChI=1S/C54H94N16O13S2/c1-6-7-8-12-25-84-85-29-41(61-42(73)28-59)52(81)70-44(32(5)72)54(83)66-36(17-22-57)46(75)65-38-19-24-60-53(82)43(31(4)71)69-49(78)37(18-23-58)63-45(74)34(15-20-55)64-50(79)39(26-30(2)3)67-51(80)40(27-33-13-10-9-11-14-33)68-47(76)35(16-21-56)62-48(38)77/h9-11,13-14,30-32,34-41,43-44,71-72H,6-8,12,15-29,55-59H2,1-5H3,(H,60,82)(H,61,73)(H,62,77)(H,63,74)(H,64,79)(H,65,75)(H,66,83)(H,67,80)(H,68,76)(H,69,78)(H,70,81)/t31-,32-,34+,35+,36+,37+,38+,39+,40-,41-,43+,44+/m1/s1. The fraction of sp³-hybridized carbons (Fsp3) is 0.685. The first-order valence-corrected chi connectivity index (χ1v) is 31.4. The number of carbonyl (C=O) groups excluding carboxylic acids is 11. The third-order valence-corrected chi connectivity index (χ3v) is 15.8. The number of carbonyl (C=O) groups is 11. The number of aliphatic hydroxyl groups excluding tert-OH is 2. The molecule has 1 heterocycles. The zero-order valence-electron chi connectivity index (χ0n) is 49.4. The Hall–Kier alpha value is -6.19. The molecule has 1 aromatic carbocycles. The minimum atomic E-state index is -1.70. The Balaban J connectivity index is 2.69. The highest BCUT2D eigenvalue weighted by molar-refractivity contribution is 8.76. The lowest BCUT2D eigenvalue weighted by Gasteiger charge is -2.29. The van der Waals surface area contributed by atoms with Gasteiger partial charge in [0.05, 0.1) is 18.8 Å². The monoisotopic (exact) mass is 1240 g/mol. The van der Waals surface area contributed by atoms with Crippen LogP contribution in [0.4, 0.5) is 0 Å². The van der Waals surface area contributed by atoms with Crippen LogP contribution in [0.3, 0.4) is 0 Å². The summed E-state index contributed by atoms with van der Waals surface area (Å²) in [5, 5.41) is 49.6. The minimum absolute atomic E-state index is 0.0447. The number of rotatable bonds is 30. The molecule has 31 heteroatoms. The fourth-order valence-electron chi connectivity index (χ4n) is 8.63. The Morgan fingerprint density at radius 1 is 0.600 bits per heavy atom. The van der Waals surface area contributed by atoms with Gasteiger partial charge in [-0.3, -0.25) is 52.7 Å². The molecule has 0 radical (unpaired) electrons. The molecule has 0 bridgehead atoms. The van der Waals surface area contributed by atoms with E-state index in [-0.39, 0.29) is 76.4 Å². The molecule has 11 amide bonds. The molecule has 0 saturated carbocycles. The summed E-state index contributed by atoms with van der Waals surface area (Å²) in [5.74, 6) is -9.33. The zero-order valence-corrected chi connectivity index (χ0v) is 51.0. The Morgan fingerprint density at radius 2 is 1.14 bits per heavy atom. The van der Waals surface area contributed by atoms with Crippen LogP contribution >= 0.6 is 21.6 Å². The number of benzene rings is 1. The maximum atomic E-state index is 14.5. The van der Waals surface area contributed by atoms with Gasteiger partial charge in [0.25, 0.3) is 0 Å². The van der Waals surface area contributed by atoms with Crippen molar-refractivity contribution in [2.24, 2.45) is 34.6 Å². The second-order valence-corrected chi connectivity index (χ2v) is 23.7. The van der Waals surface area contributed by atoms with E-state index >= 15 is 0 Å². The maximum Gasteiger partial charge on any atom is 0.245 e. The molecule has 1 aliphatic heterocycles. The average Bonchev–Trinajstić information content (AvgIpc) is 3.67. The van der Waals surface area contributed by atoms with Crippen molar-refractivity contribution in [1.29, 1.82) is 0 Å². The van der Waals surface area contributed by atoms with Gasteiger partial charge in [0.1, 0.15) is 60.4 Å². The molecule has 2 rings (SSSR count). The van der Waals surface area contributed by atoms with Crippen molar-refractivity contribution < 1.29 is 63.0 Å². The number of aliphatic hydroxyl groups is 2. The van der Waals surface area contributed by atoms with Gasteiger partial charge in [0, 0.05) is 24.5 Å². The molecule has 0 aromatic heterocycles. The number of unbranched alkanes of at least 4 members (excludes halogenated alkanes) is 3. The highest BCUT2D eigenvalue weighted by atomic mass is 33.1. The number of amides is 11. The molecule has 1 aliphatic rings. The van der Waals surface area contributed by atoms with Crippen molar-refractivity contribution in [3.8, 4) is 0 Å². The lowest BCUT2D eigenvalue weighted by molar-refractivity contribution is -0.136. The molecule has 0 spiro atoms. The van der Waals surface area contributed by atoms with Crippen molar-refractivity contribution in [3.63, 3.8) is 0 Å². The lowest BCUT2D eigenvalue weighted by Crippen LogP contribution is -2.62. The fourth-order valence-corrected chi connectivity index (χ4v) is 10.9. The van der Waals surface area contributed by atoms with Crippen LogP contribution < -0.4 is 87.2 Å². The predicted octanol–water partition coefficient (Wildman–Crippen LogP) is -5.28. The van der Waals surface area contributed by atoms with E-state index in [1.54, 1.807) is 44.2 Å². The average molecular weight is 1240 g/mol. The third-order valence-electron chi connectivity index (χ3n) is 13.3. The van der Waals surface area contributed by atoms with Gasteiger partial charge in [-0.15, -0.1) is 0 Å². The Morgan fingerprint density at radius 3 is 1.67 bits per heavy atom. The summed E-state index contributed by atoms with van der Waals surface area (Å²) in [6, 6.07) is -6.25. The van der Waals surface area contributed by atoms with Crippen molar-refractivity contribution in [3.05, 3.63) is 35.9 Å². The van der Waals surface area contributed by atoms with E-state index in [1.165, 1.54) is 35.4 Å². The second kappa shape index (κ2) is 41.0. The molecule has 1 fully saturated rings. The molecular weight excluding hydrogens is 1140 g/mol. The Labute approximate surface area is 505 Å². The molecule has 0 unspecified atom stereocenters. The normalized spacial score (nSPS) is 22.5. The maximum absolute atomic E-state index is 14.5.